The topological polar surface area (TPSA) is 52.7 Å². The van der Waals surface area contributed by atoms with E-state index < -0.39 is 0 Å². The van der Waals surface area contributed by atoms with Crippen LogP contribution in [0, 0.1) is 0 Å². The molecule has 1 aliphatic rings. The molecule has 22 heavy (non-hydrogen) atoms. The Morgan fingerprint density at radius 3 is 2.59 bits per heavy atom. The van der Waals surface area contributed by atoms with Crippen LogP contribution in [0.5, 0.6) is 0 Å². The summed E-state index contributed by atoms with van der Waals surface area (Å²) in [6, 6.07) is 7.87. The van der Waals surface area contributed by atoms with Crippen LogP contribution in [-0.4, -0.2) is 54.3 Å². The smallest absolute Gasteiger partial charge is 0.224 e. The fourth-order valence-electron chi connectivity index (χ4n) is 2.55. The second-order valence-electron chi connectivity index (χ2n) is 5.52. The van der Waals surface area contributed by atoms with E-state index in [9.17, 15) is 9.59 Å². The molecular formula is C16H22ClN3O2. The first kappa shape index (κ1) is 16.8. The fourth-order valence-corrected chi connectivity index (χ4v) is 2.77. The molecule has 0 aromatic heterocycles. The van der Waals surface area contributed by atoms with Crippen molar-refractivity contribution in [3.63, 3.8) is 0 Å². The number of benzene rings is 1. The van der Waals surface area contributed by atoms with Crippen molar-refractivity contribution in [3.8, 4) is 0 Å². The average Bonchev–Trinajstić information content (AvgIpc) is 2.47. The van der Waals surface area contributed by atoms with Crippen molar-refractivity contribution < 1.29 is 9.59 Å². The molecule has 120 valence electrons. The summed E-state index contributed by atoms with van der Waals surface area (Å²) in [4.78, 5) is 27.0. The van der Waals surface area contributed by atoms with Gasteiger partial charge in [-0.1, -0.05) is 23.7 Å². The van der Waals surface area contributed by atoms with E-state index in [2.05, 4.69) is 16.3 Å². The summed E-state index contributed by atoms with van der Waals surface area (Å²) >= 11 is 6.00. The molecule has 1 aromatic rings. The molecule has 1 fully saturated rings. The number of amides is 2. The molecule has 0 atom stereocenters. The number of hydrogen-bond donors (Lipinski definition) is 1. The lowest BCUT2D eigenvalue weighted by atomic mass is 10.2. The molecule has 0 saturated carbocycles. The maximum atomic E-state index is 12.0. The quantitative estimate of drug-likeness (QED) is 0.893. The van der Waals surface area contributed by atoms with Crippen LogP contribution in [0.25, 0.3) is 0 Å². The Labute approximate surface area is 136 Å². The van der Waals surface area contributed by atoms with Crippen molar-refractivity contribution in [2.45, 2.75) is 19.9 Å². The number of carbonyl (C=O) groups excluding carboxylic acids is 2. The van der Waals surface area contributed by atoms with Gasteiger partial charge < -0.3 is 10.2 Å². The molecule has 1 N–H and O–H groups in total. The lowest BCUT2D eigenvalue weighted by Crippen LogP contribution is -2.48. The first-order valence-electron chi connectivity index (χ1n) is 7.53. The summed E-state index contributed by atoms with van der Waals surface area (Å²) in [7, 11) is 0. The summed E-state index contributed by atoms with van der Waals surface area (Å²) in [5.74, 6) is 0.00953. The molecule has 5 nitrogen and oxygen atoms in total. The predicted octanol–water partition coefficient (Wildman–Crippen LogP) is 1.51. The van der Waals surface area contributed by atoms with Crippen LogP contribution in [0.15, 0.2) is 24.3 Å². The van der Waals surface area contributed by atoms with Gasteiger partial charge >= 0.3 is 0 Å². The minimum absolute atomic E-state index is 0.0980. The molecule has 1 saturated heterocycles. The maximum Gasteiger partial charge on any atom is 0.224 e. The number of hydrogen-bond acceptors (Lipinski definition) is 3. The van der Waals surface area contributed by atoms with E-state index in [0.29, 0.717) is 13.0 Å². The molecular weight excluding hydrogens is 302 g/mol. The molecule has 1 aromatic carbocycles. The molecule has 0 spiro atoms. The summed E-state index contributed by atoms with van der Waals surface area (Å²) in [5, 5.41) is 3.41. The van der Waals surface area contributed by atoms with Gasteiger partial charge in [0.15, 0.2) is 0 Å². The SMILES string of the molecule is CC(=O)NCCC(=O)N1CCN(Cc2cccc(Cl)c2)CC1. The van der Waals surface area contributed by atoms with E-state index in [1.54, 1.807) is 0 Å². The maximum absolute atomic E-state index is 12.0. The molecule has 1 aliphatic heterocycles. The highest BCUT2D eigenvalue weighted by Crippen LogP contribution is 2.14. The average molecular weight is 324 g/mol. The van der Waals surface area contributed by atoms with Crippen molar-refractivity contribution in [3.05, 3.63) is 34.9 Å². The van der Waals surface area contributed by atoms with Crippen LogP contribution in [0.4, 0.5) is 0 Å². The van der Waals surface area contributed by atoms with Gasteiger partial charge in [0.2, 0.25) is 11.8 Å². The fraction of sp³-hybridized carbons (Fsp3) is 0.500. The lowest BCUT2D eigenvalue weighted by molar-refractivity contribution is -0.133. The van der Waals surface area contributed by atoms with Crippen LogP contribution >= 0.6 is 11.6 Å². The van der Waals surface area contributed by atoms with E-state index in [4.69, 9.17) is 11.6 Å². The summed E-state index contributed by atoms with van der Waals surface area (Å²) in [6.45, 7) is 5.92. The Morgan fingerprint density at radius 2 is 1.95 bits per heavy atom. The highest BCUT2D eigenvalue weighted by Gasteiger charge is 2.20. The summed E-state index contributed by atoms with van der Waals surface area (Å²) < 4.78 is 0. The Hall–Kier alpha value is -1.59. The number of halogens is 1. The van der Waals surface area contributed by atoms with Gasteiger partial charge in [0.1, 0.15) is 0 Å². The molecule has 2 amide bonds. The standard InChI is InChI=1S/C16H22ClN3O2/c1-13(21)18-6-5-16(22)20-9-7-19(8-10-20)12-14-3-2-4-15(17)11-14/h2-4,11H,5-10,12H2,1H3,(H,18,21). The Kier molecular flexibility index (Phi) is 6.21. The van der Waals surface area contributed by atoms with E-state index in [1.807, 2.05) is 23.1 Å². The van der Waals surface area contributed by atoms with Crippen molar-refractivity contribution >= 4 is 23.4 Å². The van der Waals surface area contributed by atoms with Crippen LogP contribution in [0.3, 0.4) is 0 Å². The van der Waals surface area contributed by atoms with Gasteiger partial charge in [-0.3, -0.25) is 14.5 Å². The largest absolute Gasteiger partial charge is 0.356 e. The van der Waals surface area contributed by atoms with Gasteiger partial charge in [-0.25, -0.2) is 0 Å². The normalized spacial score (nSPS) is 15.6. The zero-order chi connectivity index (χ0) is 15.9. The predicted molar refractivity (Wildman–Crippen MR) is 86.6 cm³/mol. The second-order valence-corrected chi connectivity index (χ2v) is 5.96. The third kappa shape index (κ3) is 5.31. The van der Waals surface area contributed by atoms with Gasteiger partial charge in [-0.15, -0.1) is 0 Å². The van der Waals surface area contributed by atoms with E-state index in [-0.39, 0.29) is 11.8 Å². The van der Waals surface area contributed by atoms with Gasteiger partial charge in [0.25, 0.3) is 0 Å². The molecule has 0 aliphatic carbocycles. The Bertz CT molecular complexity index is 528. The molecule has 0 radical (unpaired) electrons. The minimum Gasteiger partial charge on any atom is -0.356 e. The zero-order valence-corrected chi connectivity index (χ0v) is 13.6. The molecule has 0 unspecified atom stereocenters. The highest BCUT2D eigenvalue weighted by molar-refractivity contribution is 6.30. The Morgan fingerprint density at radius 1 is 1.23 bits per heavy atom. The van der Waals surface area contributed by atoms with E-state index in [0.717, 1.165) is 37.7 Å². The number of nitrogens with one attached hydrogen (secondary N) is 1. The molecule has 1 heterocycles. The highest BCUT2D eigenvalue weighted by atomic mass is 35.5. The first-order chi connectivity index (χ1) is 10.5. The Balaban J connectivity index is 1.73. The molecule has 0 bridgehead atoms. The summed E-state index contributed by atoms with van der Waals surface area (Å²) in [5.41, 5.74) is 1.19. The van der Waals surface area contributed by atoms with E-state index >= 15 is 0 Å². The van der Waals surface area contributed by atoms with Gasteiger partial charge in [0, 0.05) is 57.6 Å². The first-order valence-corrected chi connectivity index (χ1v) is 7.91. The second kappa shape index (κ2) is 8.15. The minimum atomic E-state index is -0.0980. The number of rotatable bonds is 5. The third-order valence-corrected chi connectivity index (χ3v) is 3.97. The number of piperazine rings is 1. The monoisotopic (exact) mass is 323 g/mol. The molecule has 2 rings (SSSR count). The number of nitrogens with zero attached hydrogens (tertiary/aromatic N) is 2. The lowest BCUT2D eigenvalue weighted by Gasteiger charge is -2.34. The van der Waals surface area contributed by atoms with Gasteiger partial charge in [-0.05, 0) is 17.7 Å². The zero-order valence-electron chi connectivity index (χ0n) is 12.8. The van der Waals surface area contributed by atoms with E-state index in [1.165, 1.54) is 12.5 Å². The van der Waals surface area contributed by atoms with Crippen molar-refractivity contribution in [1.29, 1.82) is 0 Å². The third-order valence-electron chi connectivity index (χ3n) is 3.73. The van der Waals surface area contributed by atoms with Crippen molar-refractivity contribution in [2.75, 3.05) is 32.7 Å². The van der Waals surface area contributed by atoms with Crippen LogP contribution < -0.4 is 5.32 Å². The van der Waals surface area contributed by atoms with Crippen molar-refractivity contribution in [2.24, 2.45) is 0 Å². The number of carbonyl (C=O) groups is 2. The van der Waals surface area contributed by atoms with Crippen molar-refractivity contribution in [1.82, 2.24) is 15.1 Å². The van der Waals surface area contributed by atoms with Gasteiger partial charge in [0.05, 0.1) is 0 Å². The van der Waals surface area contributed by atoms with Crippen LogP contribution in [0.1, 0.15) is 18.9 Å². The summed E-state index contributed by atoms with van der Waals surface area (Å²) in [6.07, 6.45) is 0.369. The molecule has 6 heteroatoms. The van der Waals surface area contributed by atoms with Crippen LogP contribution in [-0.2, 0) is 16.1 Å². The van der Waals surface area contributed by atoms with Gasteiger partial charge in [-0.2, -0.15) is 0 Å². The van der Waals surface area contributed by atoms with Crippen LogP contribution in [0.2, 0.25) is 5.02 Å².